The molecule has 4 rings (SSSR count). The van der Waals surface area contributed by atoms with E-state index in [0.29, 0.717) is 39.3 Å². The Hall–Kier alpha value is -2.84. The Kier molecular flexibility index (Phi) is 5.59. The maximum atomic E-state index is 12.9. The van der Waals surface area contributed by atoms with Crippen LogP contribution in [0.1, 0.15) is 11.8 Å². The van der Waals surface area contributed by atoms with Gasteiger partial charge in [-0.1, -0.05) is 35.5 Å². The van der Waals surface area contributed by atoms with Crippen molar-refractivity contribution in [3.8, 4) is 17.1 Å². The summed E-state index contributed by atoms with van der Waals surface area (Å²) in [7, 11) is 0. The summed E-state index contributed by atoms with van der Waals surface area (Å²) in [5.41, 5.74) is 0.856. The van der Waals surface area contributed by atoms with E-state index in [4.69, 9.17) is 25.2 Å². The number of rotatable bonds is 7. The first kappa shape index (κ1) is 18.5. The Balaban J connectivity index is 1.31. The molecule has 0 unspecified atom stereocenters. The molecule has 6 nitrogen and oxygen atoms in total. The number of halogens is 2. The molecule has 0 aliphatic rings. The van der Waals surface area contributed by atoms with Crippen molar-refractivity contribution in [2.45, 2.75) is 17.6 Å². The second kappa shape index (κ2) is 8.45. The molecule has 0 radical (unpaired) electrons. The van der Waals surface area contributed by atoms with Gasteiger partial charge < -0.3 is 13.6 Å². The maximum Gasteiger partial charge on any atom is 0.277 e. The van der Waals surface area contributed by atoms with Gasteiger partial charge in [-0.3, -0.25) is 0 Å². The molecular formula is C19H13ClFN3O3S. The van der Waals surface area contributed by atoms with Crippen LogP contribution in [0, 0.1) is 5.82 Å². The van der Waals surface area contributed by atoms with Gasteiger partial charge in [0.1, 0.15) is 11.6 Å². The lowest BCUT2D eigenvalue weighted by Gasteiger charge is -2.02. The van der Waals surface area contributed by atoms with Crippen LogP contribution in [0.3, 0.4) is 0 Å². The van der Waals surface area contributed by atoms with Crippen molar-refractivity contribution >= 4 is 23.4 Å². The Labute approximate surface area is 168 Å². The molecule has 2 aromatic heterocycles. The number of thioether (sulfide) groups is 1. The number of benzene rings is 2. The van der Waals surface area contributed by atoms with E-state index < -0.39 is 0 Å². The van der Waals surface area contributed by atoms with Gasteiger partial charge in [-0.25, -0.2) is 9.37 Å². The molecule has 142 valence electrons. The van der Waals surface area contributed by atoms with E-state index in [-0.39, 0.29) is 12.4 Å². The van der Waals surface area contributed by atoms with E-state index in [9.17, 15) is 4.39 Å². The summed E-state index contributed by atoms with van der Waals surface area (Å²) < 4.78 is 29.6. The molecule has 0 amide bonds. The molecule has 0 fully saturated rings. The van der Waals surface area contributed by atoms with Gasteiger partial charge >= 0.3 is 0 Å². The zero-order valence-electron chi connectivity index (χ0n) is 14.3. The molecule has 9 heteroatoms. The first-order valence-corrected chi connectivity index (χ1v) is 9.56. The molecule has 0 saturated heterocycles. The van der Waals surface area contributed by atoms with E-state index in [1.54, 1.807) is 12.3 Å². The standard InChI is InChI=1S/C19H13ClFN3O3S/c20-13-3-1-2-12(8-13)16-9-22-18(26-16)11-28-19-24-23-17(27-19)10-25-15-6-4-14(21)5-7-15/h1-9H,10-11H2. The smallest absolute Gasteiger partial charge is 0.277 e. The van der Waals surface area contributed by atoms with Crippen molar-refractivity contribution in [2.75, 3.05) is 0 Å². The van der Waals surface area contributed by atoms with Crippen LogP contribution in [0.2, 0.25) is 5.02 Å². The number of hydrogen-bond donors (Lipinski definition) is 0. The Morgan fingerprint density at radius 3 is 2.71 bits per heavy atom. The third-order valence-electron chi connectivity index (χ3n) is 3.61. The summed E-state index contributed by atoms with van der Waals surface area (Å²) in [5, 5.41) is 8.88. The molecule has 0 saturated carbocycles. The van der Waals surface area contributed by atoms with Crippen LogP contribution in [0.5, 0.6) is 5.75 Å². The molecule has 0 N–H and O–H groups in total. The van der Waals surface area contributed by atoms with Crippen molar-refractivity contribution < 1.29 is 18.0 Å². The van der Waals surface area contributed by atoms with Crippen molar-refractivity contribution in [1.29, 1.82) is 0 Å². The SMILES string of the molecule is Fc1ccc(OCc2nnc(SCc3ncc(-c4cccc(Cl)c4)o3)o2)cc1. The van der Waals surface area contributed by atoms with E-state index >= 15 is 0 Å². The third kappa shape index (κ3) is 4.71. The fraction of sp³-hybridized carbons (Fsp3) is 0.105. The molecule has 0 atom stereocenters. The number of oxazole rings is 1. The van der Waals surface area contributed by atoms with Gasteiger partial charge in [0.2, 0.25) is 5.89 Å². The van der Waals surface area contributed by atoms with E-state index in [0.717, 1.165) is 5.56 Å². The van der Waals surface area contributed by atoms with Crippen LogP contribution in [-0.2, 0) is 12.4 Å². The van der Waals surface area contributed by atoms with Gasteiger partial charge in [0.05, 0.1) is 11.9 Å². The summed E-state index contributed by atoms with van der Waals surface area (Å²) >= 11 is 7.30. The minimum Gasteiger partial charge on any atom is -0.484 e. The topological polar surface area (TPSA) is 74.2 Å². The van der Waals surface area contributed by atoms with E-state index in [1.165, 1.54) is 36.0 Å². The minimum absolute atomic E-state index is 0.0944. The predicted molar refractivity (Wildman–Crippen MR) is 102 cm³/mol. The lowest BCUT2D eigenvalue weighted by molar-refractivity contribution is 0.252. The van der Waals surface area contributed by atoms with Gasteiger partial charge in [0.15, 0.2) is 12.4 Å². The Morgan fingerprint density at radius 1 is 1.04 bits per heavy atom. The summed E-state index contributed by atoms with van der Waals surface area (Å²) in [4.78, 5) is 4.25. The highest BCUT2D eigenvalue weighted by molar-refractivity contribution is 7.98. The third-order valence-corrected chi connectivity index (χ3v) is 4.64. The molecule has 0 bridgehead atoms. The molecule has 28 heavy (non-hydrogen) atoms. The van der Waals surface area contributed by atoms with Gasteiger partial charge in [-0.05, 0) is 36.4 Å². The number of hydrogen-bond acceptors (Lipinski definition) is 7. The van der Waals surface area contributed by atoms with Crippen LogP contribution in [0.4, 0.5) is 4.39 Å². The van der Waals surface area contributed by atoms with Crippen LogP contribution < -0.4 is 4.74 Å². The maximum absolute atomic E-state index is 12.9. The summed E-state index contributed by atoms with van der Waals surface area (Å²) in [6, 6.07) is 13.0. The quantitative estimate of drug-likeness (QED) is 0.373. The van der Waals surface area contributed by atoms with Crippen LogP contribution in [-0.4, -0.2) is 15.2 Å². The molecule has 2 heterocycles. The molecule has 0 spiro atoms. The minimum atomic E-state index is -0.325. The number of nitrogens with zero attached hydrogens (tertiary/aromatic N) is 3. The van der Waals surface area contributed by atoms with Gasteiger partial charge in [-0.15, -0.1) is 10.2 Å². The fourth-order valence-corrected chi connectivity index (χ4v) is 3.13. The lowest BCUT2D eigenvalue weighted by Crippen LogP contribution is -1.95. The van der Waals surface area contributed by atoms with Crippen molar-refractivity contribution in [2.24, 2.45) is 0 Å². The summed E-state index contributed by atoms with van der Waals surface area (Å²) in [6.45, 7) is 0.0944. The van der Waals surface area contributed by atoms with Gasteiger partial charge in [0.25, 0.3) is 11.1 Å². The highest BCUT2D eigenvalue weighted by atomic mass is 35.5. The lowest BCUT2D eigenvalue weighted by atomic mass is 10.2. The molecule has 0 aliphatic carbocycles. The Bertz CT molecular complexity index is 1070. The number of aromatic nitrogens is 3. The van der Waals surface area contributed by atoms with Crippen molar-refractivity contribution in [3.63, 3.8) is 0 Å². The average molecular weight is 418 g/mol. The molecule has 4 aromatic rings. The highest BCUT2D eigenvalue weighted by Crippen LogP contribution is 2.27. The van der Waals surface area contributed by atoms with Crippen LogP contribution in [0.15, 0.2) is 68.8 Å². The van der Waals surface area contributed by atoms with Crippen LogP contribution >= 0.6 is 23.4 Å². The highest BCUT2D eigenvalue weighted by Gasteiger charge is 2.11. The monoisotopic (exact) mass is 417 g/mol. The van der Waals surface area contributed by atoms with Gasteiger partial charge in [0, 0.05) is 10.6 Å². The largest absolute Gasteiger partial charge is 0.484 e. The van der Waals surface area contributed by atoms with E-state index in [1.807, 2.05) is 18.2 Å². The van der Waals surface area contributed by atoms with Crippen molar-refractivity contribution in [3.05, 3.63) is 77.3 Å². The molecule has 2 aromatic carbocycles. The normalized spacial score (nSPS) is 10.9. The molecular weight excluding hydrogens is 405 g/mol. The predicted octanol–water partition coefficient (Wildman–Crippen LogP) is 5.39. The summed E-state index contributed by atoms with van der Waals surface area (Å²) in [5.74, 6) is 2.11. The average Bonchev–Trinajstić information content (AvgIpc) is 3.35. The van der Waals surface area contributed by atoms with Gasteiger partial charge in [-0.2, -0.15) is 0 Å². The second-order valence-electron chi connectivity index (χ2n) is 5.62. The zero-order valence-corrected chi connectivity index (χ0v) is 15.9. The molecule has 0 aliphatic heterocycles. The van der Waals surface area contributed by atoms with Crippen LogP contribution in [0.25, 0.3) is 11.3 Å². The second-order valence-corrected chi connectivity index (χ2v) is 6.98. The first-order valence-electron chi connectivity index (χ1n) is 8.20. The first-order chi connectivity index (χ1) is 13.7. The zero-order chi connectivity index (χ0) is 19.3. The Morgan fingerprint density at radius 2 is 1.89 bits per heavy atom. The fourth-order valence-electron chi connectivity index (χ4n) is 2.31. The summed E-state index contributed by atoms with van der Waals surface area (Å²) in [6.07, 6.45) is 1.65. The van der Waals surface area contributed by atoms with E-state index in [2.05, 4.69) is 15.2 Å². The van der Waals surface area contributed by atoms with Crippen molar-refractivity contribution in [1.82, 2.24) is 15.2 Å². The number of ether oxygens (including phenoxy) is 1.